The second kappa shape index (κ2) is 8.08. The maximum atomic E-state index is 12.7. The Hall–Kier alpha value is -2.14. The van der Waals surface area contributed by atoms with E-state index in [-0.39, 0.29) is 13.1 Å². The van der Waals surface area contributed by atoms with Gasteiger partial charge < -0.3 is 24.4 Å². The van der Waals surface area contributed by atoms with Gasteiger partial charge in [0, 0.05) is 32.0 Å². The molecule has 2 aliphatic rings. The number of aliphatic hydroxyl groups excluding tert-OH is 1. The van der Waals surface area contributed by atoms with Crippen molar-refractivity contribution < 1.29 is 32.5 Å². The Bertz CT molecular complexity index is 678. The number of alkyl halides is 3. The summed E-state index contributed by atoms with van der Waals surface area (Å²) < 4.78 is 48.4. The second-order valence-corrected chi connectivity index (χ2v) is 7.10. The molecule has 2 fully saturated rings. The Morgan fingerprint density at radius 1 is 1.32 bits per heavy atom. The number of aliphatic hydroxyl groups is 1. The number of halogens is 3. The number of ether oxygens (including phenoxy) is 2. The topological polar surface area (TPSA) is 88.0 Å². The predicted molar refractivity (Wildman–Crippen MR) is 91.9 cm³/mol. The average molecular weight is 404 g/mol. The molecule has 3 rings (SSSR count). The van der Waals surface area contributed by atoms with E-state index in [1.54, 1.807) is 12.4 Å². The summed E-state index contributed by atoms with van der Waals surface area (Å²) in [4.78, 5) is 23.9. The number of amides is 1. The van der Waals surface area contributed by atoms with Crippen LogP contribution in [0.1, 0.15) is 18.4 Å². The first-order chi connectivity index (χ1) is 13.2. The first kappa shape index (κ1) is 20.6. The number of aryl methyl sites for hydroxylation is 1. The molecule has 28 heavy (non-hydrogen) atoms. The minimum atomic E-state index is -4.80. The van der Waals surface area contributed by atoms with Crippen LogP contribution < -0.4 is 4.90 Å². The van der Waals surface area contributed by atoms with Gasteiger partial charge in [-0.25, -0.2) is 14.8 Å². The van der Waals surface area contributed by atoms with Gasteiger partial charge in [-0.3, -0.25) is 0 Å². The van der Waals surface area contributed by atoms with Crippen molar-refractivity contribution in [3.63, 3.8) is 0 Å². The summed E-state index contributed by atoms with van der Waals surface area (Å²) in [5.41, 5.74) is 0.447. The number of nitrogens with zero attached hydrogens (tertiary/aromatic N) is 4. The first-order valence-corrected chi connectivity index (χ1v) is 9.03. The highest BCUT2D eigenvalue weighted by Crippen LogP contribution is 2.32. The zero-order valence-electron chi connectivity index (χ0n) is 15.5. The van der Waals surface area contributed by atoms with Crippen LogP contribution in [0.3, 0.4) is 0 Å². The summed E-state index contributed by atoms with van der Waals surface area (Å²) >= 11 is 0. The van der Waals surface area contributed by atoms with Crippen molar-refractivity contribution in [1.29, 1.82) is 0 Å². The molecule has 1 spiro atoms. The third-order valence-corrected chi connectivity index (χ3v) is 5.01. The minimum absolute atomic E-state index is 0.206. The third kappa shape index (κ3) is 4.64. The molecule has 0 aliphatic carbocycles. The van der Waals surface area contributed by atoms with Crippen molar-refractivity contribution in [2.45, 2.75) is 37.6 Å². The fourth-order valence-corrected chi connectivity index (χ4v) is 3.37. The van der Waals surface area contributed by atoms with Crippen molar-refractivity contribution in [3.05, 3.63) is 18.0 Å². The normalized spacial score (nSPS) is 20.9. The molecule has 0 aromatic carbocycles. The van der Waals surface area contributed by atoms with Gasteiger partial charge in [0.2, 0.25) is 12.1 Å². The monoisotopic (exact) mass is 404 g/mol. The number of hydrogen-bond acceptors (Lipinski definition) is 7. The van der Waals surface area contributed by atoms with Crippen LogP contribution in [0.15, 0.2) is 12.4 Å². The number of likely N-dealkylation sites (tertiary alicyclic amines) is 1. The first-order valence-electron chi connectivity index (χ1n) is 9.03. The van der Waals surface area contributed by atoms with E-state index in [1.165, 1.54) is 4.90 Å². The molecule has 1 atom stereocenters. The van der Waals surface area contributed by atoms with Gasteiger partial charge in [0.15, 0.2) is 0 Å². The molecule has 1 amide bonds. The fourth-order valence-electron chi connectivity index (χ4n) is 3.37. The lowest BCUT2D eigenvalue weighted by molar-refractivity contribution is -0.215. The van der Waals surface area contributed by atoms with Crippen molar-refractivity contribution >= 4 is 12.0 Å². The summed E-state index contributed by atoms with van der Waals surface area (Å²) in [5, 5.41) is 8.81. The largest absolute Gasteiger partial charge is 0.434 e. The molecule has 11 heteroatoms. The van der Waals surface area contributed by atoms with E-state index < -0.39 is 30.6 Å². The molecule has 156 valence electrons. The molecule has 0 unspecified atom stereocenters. The highest BCUT2D eigenvalue weighted by molar-refractivity contribution is 5.68. The fraction of sp³-hybridized carbons (Fsp3) is 0.706. The van der Waals surface area contributed by atoms with Crippen LogP contribution in [0.4, 0.5) is 23.9 Å². The Balaban J connectivity index is 1.57. The Morgan fingerprint density at radius 2 is 1.96 bits per heavy atom. The van der Waals surface area contributed by atoms with E-state index in [2.05, 4.69) is 14.7 Å². The second-order valence-electron chi connectivity index (χ2n) is 7.10. The van der Waals surface area contributed by atoms with Crippen LogP contribution in [0.5, 0.6) is 0 Å². The van der Waals surface area contributed by atoms with Gasteiger partial charge in [0.1, 0.15) is 0 Å². The molecule has 1 aromatic heterocycles. The van der Waals surface area contributed by atoms with Gasteiger partial charge in [-0.2, -0.15) is 13.2 Å². The minimum Gasteiger partial charge on any atom is -0.434 e. The Kier molecular flexibility index (Phi) is 5.94. The van der Waals surface area contributed by atoms with Crippen molar-refractivity contribution in [3.8, 4) is 0 Å². The van der Waals surface area contributed by atoms with Crippen molar-refractivity contribution in [2.24, 2.45) is 0 Å². The molecule has 2 saturated heterocycles. The summed E-state index contributed by atoms with van der Waals surface area (Å²) in [6, 6.07) is 0. The molecule has 0 radical (unpaired) electrons. The van der Waals surface area contributed by atoms with Gasteiger partial charge in [-0.15, -0.1) is 0 Å². The number of anilines is 1. The lowest BCUT2D eigenvalue weighted by Crippen LogP contribution is -2.58. The molecule has 0 bridgehead atoms. The average Bonchev–Trinajstić information content (AvgIpc) is 2.66. The highest BCUT2D eigenvalue weighted by atomic mass is 19.4. The molecule has 2 aliphatic heterocycles. The Labute approximate surface area is 160 Å². The maximum absolute atomic E-state index is 12.7. The number of piperidine rings is 1. The summed E-state index contributed by atoms with van der Waals surface area (Å²) in [5.74, 6) is 0.603. The lowest BCUT2D eigenvalue weighted by Gasteiger charge is -2.47. The van der Waals surface area contributed by atoms with Crippen LogP contribution in [0.2, 0.25) is 0 Å². The van der Waals surface area contributed by atoms with E-state index in [4.69, 9.17) is 9.84 Å². The standard InChI is InChI=1S/C17H23F3N4O4/c1-12-8-21-14(22-9-12)24-6-7-27-16(11-24)2-4-23(5-3-16)15(26)28-13(10-25)17(18,19)20/h8-9,13,25H,2-7,10-11H2,1H3/t13-/m1/s1. The van der Waals surface area contributed by atoms with Gasteiger partial charge in [-0.1, -0.05) is 0 Å². The number of carbonyl (C=O) groups excluding carboxylic acids is 1. The number of rotatable bonds is 3. The van der Waals surface area contributed by atoms with E-state index in [0.717, 1.165) is 5.56 Å². The van der Waals surface area contributed by atoms with Gasteiger partial charge in [0.25, 0.3) is 0 Å². The van der Waals surface area contributed by atoms with E-state index in [0.29, 0.717) is 38.5 Å². The Morgan fingerprint density at radius 3 is 2.54 bits per heavy atom. The van der Waals surface area contributed by atoms with Gasteiger partial charge in [0.05, 0.1) is 25.4 Å². The molecule has 8 nitrogen and oxygen atoms in total. The third-order valence-electron chi connectivity index (χ3n) is 5.01. The van der Waals surface area contributed by atoms with Crippen LogP contribution in [-0.2, 0) is 9.47 Å². The summed E-state index contributed by atoms with van der Waals surface area (Å²) in [6.45, 7) is 2.67. The zero-order valence-corrected chi connectivity index (χ0v) is 15.5. The maximum Gasteiger partial charge on any atom is 0.427 e. The smallest absolute Gasteiger partial charge is 0.427 e. The zero-order chi connectivity index (χ0) is 20.4. The van der Waals surface area contributed by atoms with Crippen LogP contribution in [0, 0.1) is 6.92 Å². The van der Waals surface area contributed by atoms with Gasteiger partial charge >= 0.3 is 12.3 Å². The molecule has 1 N–H and O–H groups in total. The summed E-state index contributed by atoms with van der Waals surface area (Å²) in [7, 11) is 0. The van der Waals surface area contributed by atoms with E-state index in [9.17, 15) is 18.0 Å². The molecule has 1 aromatic rings. The lowest BCUT2D eigenvalue weighted by atomic mass is 9.89. The van der Waals surface area contributed by atoms with Crippen LogP contribution in [-0.4, -0.2) is 83.3 Å². The number of carbonyl (C=O) groups is 1. The SMILES string of the molecule is Cc1cnc(N2CCOC3(CCN(C(=O)O[C@H](CO)C(F)(F)F)CC3)C2)nc1. The van der Waals surface area contributed by atoms with Crippen LogP contribution >= 0.6 is 0 Å². The highest BCUT2D eigenvalue weighted by Gasteiger charge is 2.45. The van der Waals surface area contributed by atoms with Crippen molar-refractivity contribution in [2.75, 3.05) is 44.3 Å². The number of morpholine rings is 1. The molecular weight excluding hydrogens is 381 g/mol. The quantitative estimate of drug-likeness (QED) is 0.817. The van der Waals surface area contributed by atoms with Gasteiger partial charge in [-0.05, 0) is 25.3 Å². The molecular formula is C17H23F3N4O4. The number of aromatic nitrogens is 2. The predicted octanol–water partition coefficient (Wildman–Crippen LogP) is 1.52. The summed E-state index contributed by atoms with van der Waals surface area (Å²) in [6.07, 6.45) is -4.01. The molecule has 0 saturated carbocycles. The number of hydrogen-bond donors (Lipinski definition) is 1. The molecule has 3 heterocycles. The van der Waals surface area contributed by atoms with Crippen molar-refractivity contribution in [1.82, 2.24) is 14.9 Å². The van der Waals surface area contributed by atoms with Crippen LogP contribution in [0.25, 0.3) is 0 Å². The van der Waals surface area contributed by atoms with E-state index >= 15 is 0 Å². The van der Waals surface area contributed by atoms with E-state index in [1.807, 2.05) is 11.8 Å².